The zero-order chi connectivity index (χ0) is 15.4. The number of aromatic nitrogens is 2. The molecule has 22 heavy (non-hydrogen) atoms. The van der Waals surface area contributed by atoms with Crippen LogP contribution in [-0.4, -0.2) is 16.0 Å². The van der Waals surface area contributed by atoms with Gasteiger partial charge >= 0.3 is 0 Å². The van der Waals surface area contributed by atoms with Crippen LogP contribution in [-0.2, 0) is 12.8 Å². The molecule has 1 aromatic carbocycles. The number of fused-ring (bicyclic) bond motifs is 1. The van der Waals surface area contributed by atoms with Crippen LogP contribution in [0.5, 0.6) is 5.75 Å². The van der Waals surface area contributed by atoms with E-state index < -0.39 is 0 Å². The van der Waals surface area contributed by atoms with Crippen molar-refractivity contribution in [3.63, 3.8) is 0 Å². The summed E-state index contributed by atoms with van der Waals surface area (Å²) >= 11 is 0. The van der Waals surface area contributed by atoms with Gasteiger partial charge in [0.05, 0.1) is 30.5 Å². The van der Waals surface area contributed by atoms with E-state index in [2.05, 4.69) is 23.2 Å². The van der Waals surface area contributed by atoms with E-state index in [9.17, 15) is 0 Å². The Morgan fingerprint density at radius 2 is 2.00 bits per heavy atom. The van der Waals surface area contributed by atoms with Crippen LogP contribution in [0.15, 0.2) is 48.7 Å². The van der Waals surface area contributed by atoms with Crippen molar-refractivity contribution in [3.05, 3.63) is 65.6 Å². The minimum atomic E-state index is 0.348. The van der Waals surface area contributed by atoms with Gasteiger partial charge in [0.15, 0.2) is 11.4 Å². The summed E-state index contributed by atoms with van der Waals surface area (Å²) in [6.07, 6.45) is 3.12. The Morgan fingerprint density at radius 1 is 1.18 bits per heavy atom. The van der Waals surface area contributed by atoms with Gasteiger partial charge in [0.25, 0.3) is 0 Å². The third-order valence-electron chi connectivity index (χ3n) is 3.65. The normalized spacial score (nSPS) is 10.5. The number of hydrogen-bond donors (Lipinski definition) is 0. The van der Waals surface area contributed by atoms with Gasteiger partial charge in [0, 0.05) is 12.6 Å². The smallest absolute Gasteiger partial charge is 0.180 e. The molecule has 2 aromatic heterocycles. The second-order valence-electron chi connectivity index (χ2n) is 5.13. The van der Waals surface area contributed by atoms with Crippen molar-refractivity contribution >= 4 is 5.65 Å². The van der Waals surface area contributed by atoms with Crippen molar-refractivity contribution in [2.24, 2.45) is 0 Å². The van der Waals surface area contributed by atoms with Crippen LogP contribution in [0.2, 0.25) is 0 Å². The van der Waals surface area contributed by atoms with E-state index in [0.29, 0.717) is 13.0 Å². The lowest BCUT2D eigenvalue weighted by molar-refractivity contribution is 0.324. The lowest BCUT2D eigenvalue weighted by atomic mass is 10.2. The molecule has 0 saturated carbocycles. The van der Waals surface area contributed by atoms with Crippen LogP contribution >= 0.6 is 0 Å². The summed E-state index contributed by atoms with van der Waals surface area (Å²) in [4.78, 5) is 4.54. The number of rotatable bonds is 5. The molecule has 3 rings (SSSR count). The fraction of sp³-hybridized carbons (Fsp3) is 0.222. The van der Waals surface area contributed by atoms with Crippen molar-refractivity contribution in [3.8, 4) is 11.8 Å². The highest BCUT2D eigenvalue weighted by molar-refractivity contribution is 5.56. The van der Waals surface area contributed by atoms with Crippen LogP contribution in [0.25, 0.3) is 5.65 Å². The molecule has 0 fully saturated rings. The topological polar surface area (TPSA) is 50.3 Å². The van der Waals surface area contributed by atoms with Crippen LogP contribution in [0.1, 0.15) is 17.0 Å². The van der Waals surface area contributed by atoms with E-state index in [1.54, 1.807) is 0 Å². The maximum atomic E-state index is 8.94. The molecule has 0 aliphatic carbocycles. The van der Waals surface area contributed by atoms with Gasteiger partial charge < -0.3 is 4.74 Å². The van der Waals surface area contributed by atoms with E-state index in [1.165, 1.54) is 5.56 Å². The van der Waals surface area contributed by atoms with E-state index in [0.717, 1.165) is 29.2 Å². The van der Waals surface area contributed by atoms with Crippen molar-refractivity contribution < 1.29 is 4.74 Å². The number of pyridine rings is 1. The van der Waals surface area contributed by atoms with Crippen LogP contribution in [0, 0.1) is 18.3 Å². The van der Waals surface area contributed by atoms with Gasteiger partial charge in [-0.2, -0.15) is 5.26 Å². The summed E-state index contributed by atoms with van der Waals surface area (Å²) in [7, 11) is 0. The minimum absolute atomic E-state index is 0.348. The SMILES string of the molecule is Cc1nc2c(OCCc3ccccc3)cccn2c1CC#N. The molecule has 0 aliphatic rings. The van der Waals surface area contributed by atoms with Crippen molar-refractivity contribution in [1.82, 2.24) is 9.38 Å². The first-order valence-corrected chi connectivity index (χ1v) is 7.30. The van der Waals surface area contributed by atoms with Crippen LogP contribution in [0.4, 0.5) is 0 Å². The zero-order valence-corrected chi connectivity index (χ0v) is 12.5. The molecule has 0 spiro atoms. The summed E-state index contributed by atoms with van der Waals surface area (Å²) in [5.74, 6) is 0.755. The monoisotopic (exact) mass is 291 g/mol. The minimum Gasteiger partial charge on any atom is -0.489 e. The maximum absolute atomic E-state index is 8.94. The van der Waals surface area contributed by atoms with Gasteiger partial charge in [0.1, 0.15) is 0 Å². The highest BCUT2D eigenvalue weighted by Crippen LogP contribution is 2.22. The molecule has 4 nitrogen and oxygen atoms in total. The van der Waals surface area contributed by atoms with Gasteiger partial charge in [0.2, 0.25) is 0 Å². The fourth-order valence-corrected chi connectivity index (χ4v) is 2.53. The average molecular weight is 291 g/mol. The number of hydrogen-bond acceptors (Lipinski definition) is 3. The first kappa shape index (κ1) is 14.2. The lowest BCUT2D eigenvalue weighted by Crippen LogP contribution is -2.03. The Hall–Kier alpha value is -2.80. The zero-order valence-electron chi connectivity index (χ0n) is 12.5. The fourth-order valence-electron chi connectivity index (χ4n) is 2.53. The number of nitriles is 1. The second-order valence-corrected chi connectivity index (χ2v) is 5.13. The van der Waals surface area contributed by atoms with Crippen LogP contribution in [0.3, 0.4) is 0 Å². The number of benzene rings is 1. The number of imidazole rings is 1. The Balaban J connectivity index is 1.79. The van der Waals surface area contributed by atoms with E-state index in [-0.39, 0.29) is 0 Å². The molecule has 0 radical (unpaired) electrons. The summed E-state index contributed by atoms with van der Waals surface area (Å²) in [5, 5.41) is 8.94. The number of aryl methyl sites for hydroxylation is 1. The maximum Gasteiger partial charge on any atom is 0.180 e. The van der Waals surface area contributed by atoms with Crippen LogP contribution < -0.4 is 4.74 Å². The van der Waals surface area contributed by atoms with Gasteiger partial charge in [-0.1, -0.05) is 30.3 Å². The highest BCUT2D eigenvalue weighted by atomic mass is 16.5. The van der Waals surface area contributed by atoms with Gasteiger partial charge in [-0.15, -0.1) is 0 Å². The standard InChI is InChI=1S/C18H17N3O/c1-14-16(9-11-19)21-12-5-8-17(18(21)20-14)22-13-10-15-6-3-2-4-7-15/h2-8,12H,9-10,13H2,1H3. The third-order valence-corrected chi connectivity index (χ3v) is 3.65. The van der Waals surface area contributed by atoms with Gasteiger partial charge in [-0.05, 0) is 24.6 Å². The molecule has 4 heteroatoms. The first-order valence-electron chi connectivity index (χ1n) is 7.30. The largest absolute Gasteiger partial charge is 0.489 e. The van der Waals surface area contributed by atoms with Crippen molar-refractivity contribution in [2.45, 2.75) is 19.8 Å². The highest BCUT2D eigenvalue weighted by Gasteiger charge is 2.12. The lowest BCUT2D eigenvalue weighted by Gasteiger charge is -2.08. The Bertz CT molecular complexity index is 815. The predicted octanol–water partition coefficient (Wildman–Crippen LogP) is 3.33. The molecule has 0 bridgehead atoms. The van der Waals surface area contributed by atoms with E-state index in [4.69, 9.17) is 10.00 Å². The van der Waals surface area contributed by atoms with E-state index in [1.807, 2.05) is 47.9 Å². The van der Waals surface area contributed by atoms with Gasteiger partial charge in [-0.3, -0.25) is 4.40 Å². The molecule has 0 unspecified atom stereocenters. The Morgan fingerprint density at radius 3 is 2.77 bits per heavy atom. The molecular weight excluding hydrogens is 274 g/mol. The third kappa shape index (κ3) is 2.79. The molecule has 0 saturated heterocycles. The molecular formula is C18H17N3O. The molecule has 110 valence electrons. The first-order chi connectivity index (χ1) is 10.8. The molecule has 0 atom stereocenters. The Labute approximate surface area is 129 Å². The summed E-state index contributed by atoms with van der Waals surface area (Å²) in [5.41, 5.74) is 3.82. The molecule has 2 heterocycles. The van der Waals surface area contributed by atoms with E-state index >= 15 is 0 Å². The second kappa shape index (κ2) is 6.31. The number of ether oxygens (including phenoxy) is 1. The molecule has 0 aliphatic heterocycles. The summed E-state index contributed by atoms with van der Waals surface area (Å²) in [6, 6.07) is 16.3. The summed E-state index contributed by atoms with van der Waals surface area (Å²) in [6.45, 7) is 2.52. The quantitative estimate of drug-likeness (QED) is 0.724. The van der Waals surface area contributed by atoms with Gasteiger partial charge in [-0.25, -0.2) is 4.98 Å². The van der Waals surface area contributed by atoms with Crippen molar-refractivity contribution in [2.75, 3.05) is 6.61 Å². The predicted molar refractivity (Wildman–Crippen MR) is 84.9 cm³/mol. The molecule has 0 N–H and O–H groups in total. The summed E-state index contributed by atoms with van der Waals surface area (Å²) < 4.78 is 7.84. The Kier molecular flexibility index (Phi) is 4.06. The molecule has 0 amide bonds. The van der Waals surface area contributed by atoms with Crippen molar-refractivity contribution in [1.29, 1.82) is 5.26 Å². The number of nitrogens with zero attached hydrogens (tertiary/aromatic N) is 3. The average Bonchev–Trinajstić information content (AvgIpc) is 2.86. The molecule has 3 aromatic rings.